The third-order valence-electron chi connectivity index (χ3n) is 4.73. The van der Waals surface area contributed by atoms with Gasteiger partial charge in [-0.2, -0.15) is 4.98 Å². The lowest BCUT2D eigenvalue weighted by molar-refractivity contribution is -0.127. The van der Waals surface area contributed by atoms with Crippen molar-refractivity contribution in [3.63, 3.8) is 0 Å². The summed E-state index contributed by atoms with van der Waals surface area (Å²) < 4.78 is 5.39. The quantitative estimate of drug-likeness (QED) is 0.887. The van der Waals surface area contributed by atoms with Gasteiger partial charge in [0, 0.05) is 23.2 Å². The summed E-state index contributed by atoms with van der Waals surface area (Å²) in [5.41, 5.74) is 0.875. The number of carbonyl (C=O) groups excluding carboxylic acids is 1. The lowest BCUT2D eigenvalue weighted by Crippen LogP contribution is -2.43. The first-order chi connectivity index (χ1) is 12.2. The van der Waals surface area contributed by atoms with Gasteiger partial charge in [-0.1, -0.05) is 16.8 Å². The van der Waals surface area contributed by atoms with Gasteiger partial charge in [0.1, 0.15) is 0 Å². The first-order valence-corrected chi connectivity index (χ1v) is 9.16. The van der Waals surface area contributed by atoms with Crippen molar-refractivity contribution >= 4 is 17.5 Å². The van der Waals surface area contributed by atoms with Gasteiger partial charge in [-0.25, -0.2) is 0 Å². The average molecular weight is 361 g/mol. The maximum atomic E-state index is 12.3. The van der Waals surface area contributed by atoms with Crippen LogP contribution in [0.15, 0.2) is 28.8 Å². The van der Waals surface area contributed by atoms with Crippen molar-refractivity contribution in [3.8, 4) is 11.4 Å². The van der Waals surface area contributed by atoms with Gasteiger partial charge in [0.05, 0.1) is 12.5 Å². The van der Waals surface area contributed by atoms with E-state index in [1.807, 2.05) is 12.1 Å². The molecule has 1 saturated carbocycles. The Morgan fingerprint density at radius 1 is 1.28 bits per heavy atom. The topological polar surface area (TPSA) is 71.3 Å². The highest BCUT2D eigenvalue weighted by Gasteiger charge is 2.30. The van der Waals surface area contributed by atoms with E-state index in [1.54, 1.807) is 12.1 Å². The predicted molar refractivity (Wildman–Crippen MR) is 93.9 cm³/mol. The number of benzene rings is 1. The third kappa shape index (κ3) is 4.19. The van der Waals surface area contributed by atoms with Gasteiger partial charge in [0.2, 0.25) is 17.6 Å². The number of nitrogens with zero attached hydrogens (tertiary/aromatic N) is 3. The van der Waals surface area contributed by atoms with Gasteiger partial charge in [0.15, 0.2) is 0 Å². The van der Waals surface area contributed by atoms with E-state index in [9.17, 15) is 4.79 Å². The molecule has 25 heavy (non-hydrogen) atoms. The molecule has 1 aromatic carbocycles. The number of amides is 1. The molecule has 1 aromatic heterocycles. The Morgan fingerprint density at radius 2 is 2.08 bits per heavy atom. The van der Waals surface area contributed by atoms with Crippen LogP contribution in [-0.4, -0.2) is 40.1 Å². The Morgan fingerprint density at radius 3 is 2.84 bits per heavy atom. The highest BCUT2D eigenvalue weighted by molar-refractivity contribution is 6.30. The van der Waals surface area contributed by atoms with E-state index >= 15 is 0 Å². The molecule has 1 aliphatic carbocycles. The summed E-state index contributed by atoms with van der Waals surface area (Å²) in [5.74, 6) is 1.40. The number of hydrogen-bond acceptors (Lipinski definition) is 5. The van der Waals surface area contributed by atoms with Gasteiger partial charge >= 0.3 is 0 Å². The second-order valence-electron chi connectivity index (χ2n) is 6.88. The minimum absolute atomic E-state index is 0.0630. The molecule has 0 bridgehead atoms. The van der Waals surface area contributed by atoms with Crippen LogP contribution in [0.3, 0.4) is 0 Å². The number of halogens is 1. The Balaban J connectivity index is 1.36. The van der Waals surface area contributed by atoms with Gasteiger partial charge in [-0.3, -0.25) is 9.69 Å². The monoisotopic (exact) mass is 360 g/mol. The summed E-state index contributed by atoms with van der Waals surface area (Å²) in [6.07, 6.45) is 4.21. The lowest BCUT2D eigenvalue weighted by Gasteiger charge is -2.30. The minimum atomic E-state index is 0.0630. The van der Waals surface area contributed by atoms with Crippen molar-refractivity contribution in [2.45, 2.75) is 38.3 Å². The first kappa shape index (κ1) is 16.5. The number of carbonyl (C=O) groups is 1. The van der Waals surface area contributed by atoms with Crippen LogP contribution in [0.1, 0.15) is 31.6 Å². The molecule has 2 aliphatic rings. The Hall–Kier alpha value is -1.92. The molecule has 6 nitrogen and oxygen atoms in total. The predicted octanol–water partition coefficient (Wildman–Crippen LogP) is 2.88. The smallest absolute Gasteiger partial charge is 0.241 e. The van der Waals surface area contributed by atoms with Crippen LogP contribution < -0.4 is 5.32 Å². The Labute approximate surface area is 151 Å². The molecule has 1 saturated heterocycles. The van der Waals surface area contributed by atoms with E-state index in [2.05, 4.69) is 20.4 Å². The van der Waals surface area contributed by atoms with Crippen LogP contribution >= 0.6 is 11.6 Å². The zero-order chi connectivity index (χ0) is 17.2. The fourth-order valence-electron chi connectivity index (χ4n) is 3.19. The van der Waals surface area contributed by atoms with E-state index in [-0.39, 0.29) is 11.8 Å². The molecule has 2 aromatic rings. The van der Waals surface area contributed by atoms with Crippen LogP contribution in [0.2, 0.25) is 5.02 Å². The molecule has 7 heteroatoms. The maximum Gasteiger partial charge on any atom is 0.241 e. The minimum Gasteiger partial charge on any atom is -0.353 e. The average Bonchev–Trinajstić information content (AvgIpc) is 3.32. The zero-order valence-electron chi connectivity index (χ0n) is 13.9. The second kappa shape index (κ2) is 7.14. The SMILES string of the molecule is O=C(NC1CC1)C1CCCN(Cc2nc(-c3ccc(Cl)cc3)no2)C1. The van der Waals surface area contributed by atoms with Crippen molar-refractivity contribution in [1.29, 1.82) is 0 Å². The number of nitrogens with one attached hydrogen (secondary N) is 1. The van der Waals surface area contributed by atoms with Gasteiger partial charge in [0.25, 0.3) is 0 Å². The first-order valence-electron chi connectivity index (χ1n) is 8.78. The fraction of sp³-hybridized carbons (Fsp3) is 0.500. The number of hydrogen-bond donors (Lipinski definition) is 1. The molecule has 2 fully saturated rings. The van der Waals surface area contributed by atoms with Gasteiger partial charge in [-0.15, -0.1) is 0 Å². The van der Waals surface area contributed by atoms with Crippen LogP contribution in [0.4, 0.5) is 0 Å². The molecular formula is C18H21ClN4O2. The van der Waals surface area contributed by atoms with Crippen LogP contribution in [0.5, 0.6) is 0 Å². The summed E-state index contributed by atoms with van der Waals surface area (Å²) in [6, 6.07) is 7.77. The third-order valence-corrected chi connectivity index (χ3v) is 4.98. The van der Waals surface area contributed by atoms with Gasteiger partial charge < -0.3 is 9.84 Å². The van der Waals surface area contributed by atoms with Crippen molar-refractivity contribution in [2.24, 2.45) is 5.92 Å². The van der Waals surface area contributed by atoms with Crippen molar-refractivity contribution in [3.05, 3.63) is 35.2 Å². The summed E-state index contributed by atoms with van der Waals surface area (Å²) in [5, 5.41) is 7.84. The second-order valence-corrected chi connectivity index (χ2v) is 7.31. The maximum absolute atomic E-state index is 12.3. The van der Waals surface area contributed by atoms with E-state index in [0.717, 1.165) is 44.3 Å². The van der Waals surface area contributed by atoms with E-state index in [0.29, 0.717) is 29.3 Å². The molecule has 132 valence electrons. The highest BCUT2D eigenvalue weighted by Crippen LogP contribution is 2.23. The molecule has 4 rings (SSSR count). The normalized spacial score (nSPS) is 21.2. The largest absolute Gasteiger partial charge is 0.353 e. The molecule has 1 aliphatic heterocycles. The van der Waals surface area contributed by atoms with E-state index in [4.69, 9.17) is 16.1 Å². The van der Waals surface area contributed by atoms with Crippen molar-refractivity contribution in [2.75, 3.05) is 13.1 Å². The highest BCUT2D eigenvalue weighted by atomic mass is 35.5. The Bertz CT molecular complexity index is 742. The molecule has 1 unspecified atom stereocenters. The fourth-order valence-corrected chi connectivity index (χ4v) is 3.31. The summed E-state index contributed by atoms with van der Waals surface area (Å²) in [7, 11) is 0. The molecule has 1 amide bonds. The molecule has 1 N–H and O–H groups in total. The molecular weight excluding hydrogens is 340 g/mol. The van der Waals surface area contributed by atoms with E-state index in [1.165, 1.54) is 0 Å². The molecule has 0 radical (unpaired) electrons. The van der Waals surface area contributed by atoms with E-state index < -0.39 is 0 Å². The molecule has 2 heterocycles. The van der Waals surface area contributed by atoms with Crippen LogP contribution in [0, 0.1) is 5.92 Å². The summed E-state index contributed by atoms with van der Waals surface area (Å²) in [4.78, 5) is 19.0. The van der Waals surface area contributed by atoms with Crippen molar-refractivity contribution < 1.29 is 9.32 Å². The zero-order valence-corrected chi connectivity index (χ0v) is 14.7. The number of aromatic nitrogens is 2. The van der Waals surface area contributed by atoms with Crippen LogP contribution in [-0.2, 0) is 11.3 Å². The lowest BCUT2D eigenvalue weighted by atomic mass is 9.97. The van der Waals surface area contributed by atoms with Gasteiger partial charge in [-0.05, 0) is 56.5 Å². The number of likely N-dealkylation sites (tertiary alicyclic amines) is 1. The van der Waals surface area contributed by atoms with Crippen LogP contribution in [0.25, 0.3) is 11.4 Å². The number of piperidine rings is 1. The summed E-state index contributed by atoms with van der Waals surface area (Å²) in [6.45, 7) is 2.27. The molecule has 0 spiro atoms. The molecule has 1 atom stereocenters. The van der Waals surface area contributed by atoms with Crippen molar-refractivity contribution in [1.82, 2.24) is 20.4 Å². The Kier molecular flexibility index (Phi) is 4.72. The summed E-state index contributed by atoms with van der Waals surface area (Å²) >= 11 is 5.90. The number of rotatable bonds is 5. The standard InChI is InChI=1S/C18H21ClN4O2/c19-14-5-3-12(4-6-14)17-21-16(25-22-17)11-23-9-1-2-13(10-23)18(24)20-15-7-8-15/h3-6,13,15H,1-2,7-11H2,(H,20,24).